The molecule has 2 aromatic heterocycles. The van der Waals surface area contributed by atoms with Gasteiger partial charge in [-0.1, -0.05) is 41.3 Å². The van der Waals surface area contributed by atoms with Gasteiger partial charge in [-0.3, -0.25) is 4.79 Å². The molecule has 3 aromatic rings. The number of amides is 1. The van der Waals surface area contributed by atoms with E-state index in [1.54, 1.807) is 7.11 Å². The number of rotatable bonds is 7. The maximum Gasteiger partial charge on any atom is 0.233 e. The molecule has 0 atom stereocenters. The Hall–Kier alpha value is -2.10. The van der Waals surface area contributed by atoms with Crippen molar-refractivity contribution in [2.24, 2.45) is 0 Å². The average Bonchev–Trinajstić information content (AvgIpc) is 3.30. The van der Waals surface area contributed by atoms with E-state index in [1.807, 2.05) is 17.0 Å². The third-order valence-corrected chi connectivity index (χ3v) is 6.54. The zero-order chi connectivity index (χ0) is 18.6. The van der Waals surface area contributed by atoms with Gasteiger partial charge in [-0.25, -0.2) is 0 Å². The van der Waals surface area contributed by atoms with Crippen molar-refractivity contribution in [1.29, 1.82) is 0 Å². The van der Waals surface area contributed by atoms with Crippen molar-refractivity contribution in [3.8, 4) is 0 Å². The molecule has 0 unspecified atom stereocenters. The summed E-state index contributed by atoms with van der Waals surface area (Å²) in [5.74, 6) is 0.518. The highest BCUT2D eigenvalue weighted by Crippen LogP contribution is 2.29. The van der Waals surface area contributed by atoms with Crippen molar-refractivity contribution in [2.75, 3.05) is 37.9 Å². The normalized spacial score (nSPS) is 13.7. The number of ether oxygens (including phenoxy) is 1. The summed E-state index contributed by atoms with van der Waals surface area (Å²) in [6, 6.07) is 8.28. The van der Waals surface area contributed by atoms with Gasteiger partial charge in [-0.2, -0.15) is 0 Å². The molecule has 27 heavy (non-hydrogen) atoms. The molecule has 7 nitrogen and oxygen atoms in total. The van der Waals surface area contributed by atoms with E-state index < -0.39 is 0 Å². The fourth-order valence-corrected chi connectivity index (χ4v) is 4.87. The molecule has 0 spiro atoms. The summed E-state index contributed by atoms with van der Waals surface area (Å²) >= 11 is 2.91. The molecule has 2 N–H and O–H groups in total. The molecule has 3 heterocycles. The minimum absolute atomic E-state index is 0.139. The summed E-state index contributed by atoms with van der Waals surface area (Å²) in [4.78, 5) is 18.1. The molecular formula is C18H21N5O2S2. The van der Waals surface area contributed by atoms with Crippen molar-refractivity contribution >= 4 is 45.0 Å². The zero-order valence-electron chi connectivity index (χ0n) is 15.0. The topological polar surface area (TPSA) is 83.1 Å². The lowest BCUT2D eigenvalue weighted by molar-refractivity contribution is -0.129. The summed E-state index contributed by atoms with van der Waals surface area (Å²) < 4.78 is 5.80. The van der Waals surface area contributed by atoms with Crippen molar-refractivity contribution in [3.05, 3.63) is 35.5 Å². The third-order valence-electron chi connectivity index (χ3n) is 4.54. The zero-order valence-corrected chi connectivity index (χ0v) is 16.7. The minimum Gasteiger partial charge on any atom is -0.383 e. The number of para-hydroxylation sites is 1. The molecule has 1 aliphatic rings. The predicted octanol–water partition coefficient (Wildman–Crippen LogP) is 2.75. The number of fused-ring (bicyclic) bond motifs is 3. The van der Waals surface area contributed by atoms with Crippen molar-refractivity contribution < 1.29 is 9.53 Å². The number of hydrogen-bond donors (Lipinski definition) is 2. The average molecular weight is 404 g/mol. The van der Waals surface area contributed by atoms with E-state index in [4.69, 9.17) is 4.74 Å². The van der Waals surface area contributed by atoms with Crippen LogP contribution in [-0.2, 0) is 22.5 Å². The Morgan fingerprint density at radius 2 is 2.30 bits per heavy atom. The first-order valence-electron chi connectivity index (χ1n) is 8.80. The molecule has 1 amide bonds. The van der Waals surface area contributed by atoms with Gasteiger partial charge in [0.25, 0.3) is 0 Å². The van der Waals surface area contributed by atoms with Crippen molar-refractivity contribution in [1.82, 2.24) is 20.1 Å². The fraction of sp³-hybridized carbons (Fsp3) is 0.389. The van der Waals surface area contributed by atoms with Gasteiger partial charge in [0, 0.05) is 55.3 Å². The first kappa shape index (κ1) is 18.3. The molecule has 0 saturated carbocycles. The van der Waals surface area contributed by atoms with Crippen LogP contribution in [0.3, 0.4) is 0 Å². The van der Waals surface area contributed by atoms with Gasteiger partial charge in [-0.05, 0) is 6.07 Å². The number of thioether (sulfide) groups is 1. The van der Waals surface area contributed by atoms with Gasteiger partial charge in [-0.15, -0.1) is 10.2 Å². The van der Waals surface area contributed by atoms with E-state index in [9.17, 15) is 4.79 Å². The predicted molar refractivity (Wildman–Crippen MR) is 108 cm³/mol. The maximum atomic E-state index is 12.7. The van der Waals surface area contributed by atoms with E-state index in [-0.39, 0.29) is 5.91 Å². The van der Waals surface area contributed by atoms with Crippen LogP contribution in [-0.4, -0.2) is 58.5 Å². The van der Waals surface area contributed by atoms with Gasteiger partial charge in [0.2, 0.25) is 11.0 Å². The Balaban J connectivity index is 1.34. The largest absolute Gasteiger partial charge is 0.383 e. The standard InChI is InChI=1S/C18H21N5O2S2/c1-25-9-7-19-17-21-22-18(27-17)26-11-16(24)23-8-6-15-13(10-23)12-4-2-3-5-14(12)20-15/h2-5,20H,6-11H2,1H3,(H,19,21). The molecule has 0 saturated heterocycles. The lowest BCUT2D eigenvalue weighted by Crippen LogP contribution is -2.36. The second-order valence-corrected chi connectivity index (χ2v) is 8.47. The van der Waals surface area contributed by atoms with E-state index in [0.717, 1.165) is 28.0 Å². The van der Waals surface area contributed by atoms with Crippen LogP contribution in [0.5, 0.6) is 0 Å². The molecule has 0 fully saturated rings. The Bertz CT molecular complexity index is 939. The first-order valence-corrected chi connectivity index (χ1v) is 10.6. The monoisotopic (exact) mass is 403 g/mol. The molecule has 9 heteroatoms. The lowest BCUT2D eigenvalue weighted by atomic mass is 10.0. The Kier molecular flexibility index (Phi) is 5.61. The van der Waals surface area contributed by atoms with Crippen LogP contribution in [0.15, 0.2) is 28.6 Å². The summed E-state index contributed by atoms with van der Waals surface area (Å²) in [6.45, 7) is 2.72. The minimum atomic E-state index is 0.139. The van der Waals surface area contributed by atoms with E-state index in [1.165, 1.54) is 39.7 Å². The number of aromatic amines is 1. The molecule has 1 aromatic carbocycles. The number of nitrogens with one attached hydrogen (secondary N) is 2. The molecule has 1 aliphatic heterocycles. The second kappa shape index (κ2) is 8.28. The smallest absolute Gasteiger partial charge is 0.233 e. The molecule has 0 radical (unpaired) electrons. The van der Waals surface area contributed by atoms with Gasteiger partial charge < -0.3 is 19.9 Å². The van der Waals surface area contributed by atoms with Crippen LogP contribution in [0.2, 0.25) is 0 Å². The van der Waals surface area contributed by atoms with Crippen LogP contribution in [0.25, 0.3) is 10.9 Å². The van der Waals surface area contributed by atoms with Crippen LogP contribution < -0.4 is 5.32 Å². The van der Waals surface area contributed by atoms with Crippen molar-refractivity contribution in [2.45, 2.75) is 17.3 Å². The third kappa shape index (κ3) is 4.10. The molecule has 4 rings (SSSR count). The highest BCUT2D eigenvalue weighted by atomic mass is 32.2. The van der Waals surface area contributed by atoms with Crippen LogP contribution in [0.4, 0.5) is 5.13 Å². The number of nitrogens with zero attached hydrogens (tertiary/aromatic N) is 3. The van der Waals surface area contributed by atoms with E-state index >= 15 is 0 Å². The van der Waals surface area contributed by atoms with Crippen LogP contribution >= 0.6 is 23.1 Å². The summed E-state index contributed by atoms with van der Waals surface area (Å²) in [5.41, 5.74) is 3.65. The van der Waals surface area contributed by atoms with Gasteiger partial charge >= 0.3 is 0 Å². The number of anilines is 1. The number of hydrogen-bond acceptors (Lipinski definition) is 7. The maximum absolute atomic E-state index is 12.7. The molecule has 142 valence electrons. The van der Waals surface area contributed by atoms with Crippen molar-refractivity contribution in [3.63, 3.8) is 0 Å². The Morgan fingerprint density at radius 1 is 1.41 bits per heavy atom. The first-order chi connectivity index (χ1) is 13.2. The molecule has 0 bridgehead atoms. The Morgan fingerprint density at radius 3 is 3.19 bits per heavy atom. The highest BCUT2D eigenvalue weighted by molar-refractivity contribution is 8.01. The Labute approximate surface area is 165 Å². The van der Waals surface area contributed by atoms with Crippen LogP contribution in [0.1, 0.15) is 11.3 Å². The van der Waals surface area contributed by atoms with Crippen LogP contribution in [0, 0.1) is 0 Å². The number of methoxy groups -OCH3 is 1. The number of carbonyl (C=O) groups excluding carboxylic acids is 1. The second-order valence-electron chi connectivity index (χ2n) is 6.27. The summed E-state index contributed by atoms with van der Waals surface area (Å²) in [6.07, 6.45) is 0.868. The number of H-pyrrole nitrogens is 1. The van der Waals surface area contributed by atoms with Gasteiger partial charge in [0.05, 0.1) is 12.4 Å². The van der Waals surface area contributed by atoms with Gasteiger partial charge in [0.1, 0.15) is 0 Å². The number of carbonyl (C=O) groups is 1. The van der Waals surface area contributed by atoms with E-state index in [2.05, 4.69) is 32.6 Å². The number of aromatic nitrogens is 3. The summed E-state index contributed by atoms with van der Waals surface area (Å²) in [5, 5.41) is 13.3. The molecular weight excluding hydrogens is 382 g/mol. The molecule has 0 aliphatic carbocycles. The van der Waals surface area contributed by atoms with E-state index in [0.29, 0.717) is 25.4 Å². The number of benzene rings is 1. The fourth-order valence-electron chi connectivity index (χ4n) is 3.19. The SMILES string of the molecule is COCCNc1nnc(SCC(=O)N2CCc3[nH]c4ccccc4c3C2)s1. The highest BCUT2D eigenvalue weighted by Gasteiger charge is 2.24. The summed E-state index contributed by atoms with van der Waals surface area (Å²) in [7, 11) is 1.66. The quantitative estimate of drug-likeness (QED) is 0.466. The lowest BCUT2D eigenvalue weighted by Gasteiger charge is -2.27. The van der Waals surface area contributed by atoms with Gasteiger partial charge in [0.15, 0.2) is 4.34 Å².